The summed E-state index contributed by atoms with van der Waals surface area (Å²) in [5.41, 5.74) is 2.40. The van der Waals surface area contributed by atoms with Gasteiger partial charge < -0.3 is 10.1 Å². The monoisotopic (exact) mass is 235 g/mol. The van der Waals surface area contributed by atoms with Gasteiger partial charge in [-0.25, -0.2) is 0 Å². The minimum absolute atomic E-state index is 0.0723. The average molecular weight is 235 g/mol. The van der Waals surface area contributed by atoms with E-state index in [1.54, 1.807) is 0 Å². The number of carbonyl (C=O) groups excluding carboxylic acids is 1. The van der Waals surface area contributed by atoms with Crippen molar-refractivity contribution >= 4 is 5.91 Å². The lowest BCUT2D eigenvalue weighted by molar-refractivity contribution is -0.123. The predicted octanol–water partition coefficient (Wildman–Crippen LogP) is 2.45. The van der Waals surface area contributed by atoms with Crippen molar-refractivity contribution in [1.82, 2.24) is 5.32 Å². The molecule has 1 aromatic carbocycles. The maximum Gasteiger partial charge on any atom is 0.257 e. The van der Waals surface area contributed by atoms with Gasteiger partial charge in [-0.2, -0.15) is 0 Å². The lowest BCUT2D eigenvalue weighted by Crippen LogP contribution is -2.31. The topological polar surface area (TPSA) is 38.3 Å². The summed E-state index contributed by atoms with van der Waals surface area (Å²) in [5, 5.41) is 2.81. The van der Waals surface area contributed by atoms with Crippen molar-refractivity contribution < 1.29 is 9.53 Å². The first-order valence-electron chi connectivity index (χ1n) is 5.96. The highest BCUT2D eigenvalue weighted by atomic mass is 16.5. The van der Waals surface area contributed by atoms with Gasteiger partial charge in [0.2, 0.25) is 0 Å². The number of benzene rings is 1. The molecular formula is C14H21NO2. The van der Waals surface area contributed by atoms with E-state index in [1.807, 2.05) is 25.1 Å². The van der Waals surface area contributed by atoms with Crippen LogP contribution in [0.5, 0.6) is 5.75 Å². The van der Waals surface area contributed by atoms with Crippen LogP contribution in [0.3, 0.4) is 0 Å². The smallest absolute Gasteiger partial charge is 0.257 e. The molecule has 0 bridgehead atoms. The van der Waals surface area contributed by atoms with Crippen molar-refractivity contribution in [3.63, 3.8) is 0 Å². The summed E-state index contributed by atoms with van der Waals surface area (Å²) < 4.78 is 5.42. The zero-order chi connectivity index (χ0) is 12.8. The van der Waals surface area contributed by atoms with E-state index in [2.05, 4.69) is 26.1 Å². The van der Waals surface area contributed by atoms with Gasteiger partial charge >= 0.3 is 0 Å². The Morgan fingerprint density at radius 1 is 1.29 bits per heavy atom. The standard InChI is InChI=1S/C14H21NO2/c1-10(2)8-15-14(16)9-17-13-6-5-11(3)12(4)7-13/h5-7,10H,8-9H2,1-4H3,(H,15,16). The highest BCUT2D eigenvalue weighted by Crippen LogP contribution is 2.16. The molecular weight excluding hydrogens is 214 g/mol. The third-order valence-electron chi connectivity index (χ3n) is 2.56. The van der Waals surface area contributed by atoms with Crippen LogP contribution in [0.4, 0.5) is 0 Å². The quantitative estimate of drug-likeness (QED) is 0.851. The van der Waals surface area contributed by atoms with Crippen molar-refractivity contribution in [2.45, 2.75) is 27.7 Å². The van der Waals surface area contributed by atoms with Crippen molar-refractivity contribution in [3.8, 4) is 5.75 Å². The van der Waals surface area contributed by atoms with Crippen LogP contribution in [-0.2, 0) is 4.79 Å². The van der Waals surface area contributed by atoms with Gasteiger partial charge in [0.25, 0.3) is 5.91 Å². The number of aryl methyl sites for hydroxylation is 2. The summed E-state index contributed by atoms with van der Waals surface area (Å²) in [5.74, 6) is 1.13. The molecule has 0 unspecified atom stereocenters. The highest BCUT2D eigenvalue weighted by Gasteiger charge is 2.04. The molecule has 0 atom stereocenters. The molecule has 0 aliphatic carbocycles. The van der Waals surface area contributed by atoms with E-state index in [1.165, 1.54) is 11.1 Å². The second-order valence-electron chi connectivity index (χ2n) is 4.73. The number of hydrogen-bond acceptors (Lipinski definition) is 2. The van der Waals surface area contributed by atoms with E-state index in [-0.39, 0.29) is 12.5 Å². The minimum atomic E-state index is -0.0723. The molecule has 0 saturated heterocycles. The van der Waals surface area contributed by atoms with Crippen molar-refractivity contribution in [2.75, 3.05) is 13.2 Å². The van der Waals surface area contributed by atoms with E-state index in [0.717, 1.165) is 5.75 Å². The maximum atomic E-state index is 11.4. The molecule has 17 heavy (non-hydrogen) atoms. The van der Waals surface area contributed by atoms with Crippen LogP contribution < -0.4 is 10.1 Å². The third kappa shape index (κ3) is 4.89. The molecule has 0 radical (unpaired) electrons. The lowest BCUT2D eigenvalue weighted by Gasteiger charge is -2.10. The van der Waals surface area contributed by atoms with E-state index in [0.29, 0.717) is 12.5 Å². The minimum Gasteiger partial charge on any atom is -0.484 e. The molecule has 94 valence electrons. The van der Waals surface area contributed by atoms with Gasteiger partial charge in [-0.15, -0.1) is 0 Å². The van der Waals surface area contributed by atoms with E-state index in [9.17, 15) is 4.79 Å². The Labute approximate surface area is 103 Å². The first-order valence-corrected chi connectivity index (χ1v) is 5.96. The average Bonchev–Trinajstić information content (AvgIpc) is 2.28. The molecule has 3 nitrogen and oxygen atoms in total. The van der Waals surface area contributed by atoms with Crippen LogP contribution in [0.15, 0.2) is 18.2 Å². The molecule has 0 saturated carbocycles. The SMILES string of the molecule is Cc1ccc(OCC(=O)NCC(C)C)cc1C. The Morgan fingerprint density at radius 3 is 2.59 bits per heavy atom. The van der Waals surface area contributed by atoms with Crippen molar-refractivity contribution in [3.05, 3.63) is 29.3 Å². The van der Waals surface area contributed by atoms with Gasteiger partial charge in [-0.1, -0.05) is 19.9 Å². The molecule has 0 heterocycles. The van der Waals surface area contributed by atoms with Crippen LogP contribution in [0.1, 0.15) is 25.0 Å². The second-order valence-corrected chi connectivity index (χ2v) is 4.73. The molecule has 3 heteroatoms. The Balaban J connectivity index is 2.39. The largest absolute Gasteiger partial charge is 0.484 e. The van der Waals surface area contributed by atoms with Crippen LogP contribution >= 0.6 is 0 Å². The molecule has 0 aliphatic rings. The summed E-state index contributed by atoms with van der Waals surface area (Å²) in [4.78, 5) is 11.4. The number of hydrogen-bond donors (Lipinski definition) is 1. The molecule has 0 fully saturated rings. The normalized spacial score (nSPS) is 10.4. The first-order chi connectivity index (χ1) is 7.99. The maximum absolute atomic E-state index is 11.4. The van der Waals surface area contributed by atoms with Crippen molar-refractivity contribution in [1.29, 1.82) is 0 Å². The van der Waals surface area contributed by atoms with Gasteiger partial charge in [0, 0.05) is 6.54 Å². The highest BCUT2D eigenvalue weighted by molar-refractivity contribution is 5.77. The molecule has 1 aromatic rings. The van der Waals surface area contributed by atoms with Crippen molar-refractivity contribution in [2.24, 2.45) is 5.92 Å². The molecule has 1 amide bonds. The van der Waals surface area contributed by atoms with E-state index >= 15 is 0 Å². The lowest BCUT2D eigenvalue weighted by atomic mass is 10.1. The Bertz CT molecular complexity index is 386. The number of carbonyl (C=O) groups is 1. The van der Waals surface area contributed by atoms with E-state index < -0.39 is 0 Å². The summed E-state index contributed by atoms with van der Waals surface area (Å²) >= 11 is 0. The molecule has 1 N–H and O–H groups in total. The van der Waals surface area contributed by atoms with Gasteiger partial charge in [-0.3, -0.25) is 4.79 Å². The van der Waals surface area contributed by atoms with Crippen LogP contribution in [0.2, 0.25) is 0 Å². The number of rotatable bonds is 5. The molecule has 1 rings (SSSR count). The molecule has 0 aliphatic heterocycles. The summed E-state index contributed by atoms with van der Waals surface area (Å²) in [6.07, 6.45) is 0. The first kappa shape index (κ1) is 13.6. The Kier molecular flexibility index (Phi) is 5.01. The fourth-order valence-electron chi connectivity index (χ4n) is 1.32. The Hall–Kier alpha value is -1.51. The van der Waals surface area contributed by atoms with Crippen LogP contribution in [-0.4, -0.2) is 19.1 Å². The third-order valence-corrected chi connectivity index (χ3v) is 2.56. The predicted molar refractivity (Wildman–Crippen MR) is 69.3 cm³/mol. The van der Waals surface area contributed by atoms with E-state index in [4.69, 9.17) is 4.74 Å². The molecule has 0 aromatic heterocycles. The van der Waals surface area contributed by atoms with Gasteiger partial charge in [0.1, 0.15) is 5.75 Å². The van der Waals surface area contributed by atoms with Gasteiger partial charge in [-0.05, 0) is 43.0 Å². The number of amides is 1. The zero-order valence-corrected chi connectivity index (χ0v) is 11.0. The van der Waals surface area contributed by atoms with Gasteiger partial charge in [0.05, 0.1) is 0 Å². The number of nitrogens with one attached hydrogen (secondary N) is 1. The Morgan fingerprint density at radius 2 is 2.00 bits per heavy atom. The van der Waals surface area contributed by atoms with Crippen LogP contribution in [0, 0.1) is 19.8 Å². The second kappa shape index (κ2) is 6.28. The summed E-state index contributed by atoms with van der Waals surface area (Å²) in [6.45, 7) is 8.97. The summed E-state index contributed by atoms with van der Waals surface area (Å²) in [6, 6.07) is 5.83. The fraction of sp³-hybridized carbons (Fsp3) is 0.500. The number of ether oxygens (including phenoxy) is 1. The zero-order valence-electron chi connectivity index (χ0n) is 11.0. The summed E-state index contributed by atoms with van der Waals surface area (Å²) in [7, 11) is 0. The van der Waals surface area contributed by atoms with Crippen LogP contribution in [0.25, 0.3) is 0 Å². The molecule has 0 spiro atoms. The fourth-order valence-corrected chi connectivity index (χ4v) is 1.32. The van der Waals surface area contributed by atoms with Gasteiger partial charge in [0.15, 0.2) is 6.61 Å².